The van der Waals surface area contributed by atoms with Gasteiger partial charge in [0.1, 0.15) is 0 Å². The minimum atomic E-state index is 0.673. The third-order valence-electron chi connectivity index (χ3n) is 3.84. The number of piperidine rings is 1. The summed E-state index contributed by atoms with van der Waals surface area (Å²) in [6.45, 7) is 8.51. The van der Waals surface area contributed by atoms with Crippen molar-refractivity contribution in [1.82, 2.24) is 4.90 Å². The minimum Gasteiger partial charge on any atom is -0.303 e. The molecule has 1 heteroatoms. The zero-order chi connectivity index (χ0) is 7.52. The van der Waals surface area contributed by atoms with E-state index in [4.69, 9.17) is 0 Å². The third kappa shape index (κ3) is 0.572. The molecule has 10 heavy (non-hydrogen) atoms. The van der Waals surface area contributed by atoms with Crippen molar-refractivity contribution in [3.8, 4) is 0 Å². The molecular formula is C9H17N. The van der Waals surface area contributed by atoms with E-state index in [9.17, 15) is 0 Å². The molecule has 0 spiro atoms. The van der Waals surface area contributed by atoms with E-state index in [1.807, 2.05) is 0 Å². The van der Waals surface area contributed by atoms with Crippen LogP contribution in [0.25, 0.3) is 0 Å². The summed E-state index contributed by atoms with van der Waals surface area (Å²) in [7, 11) is 2.24. The van der Waals surface area contributed by atoms with Gasteiger partial charge in [-0.3, -0.25) is 0 Å². The Morgan fingerprint density at radius 1 is 1.40 bits per heavy atom. The molecule has 58 valence electrons. The summed E-state index contributed by atoms with van der Waals surface area (Å²) in [5.74, 6) is 2.00. The molecule has 1 saturated carbocycles. The number of hydrogen-bond acceptors (Lipinski definition) is 1. The predicted molar refractivity (Wildman–Crippen MR) is 42.9 cm³/mol. The van der Waals surface area contributed by atoms with Gasteiger partial charge in [-0.15, -0.1) is 0 Å². The lowest BCUT2D eigenvalue weighted by Gasteiger charge is -2.23. The van der Waals surface area contributed by atoms with Crippen molar-refractivity contribution >= 4 is 0 Å². The highest BCUT2D eigenvalue weighted by molar-refractivity contribution is 5.14. The maximum absolute atomic E-state index is 2.49. The van der Waals surface area contributed by atoms with E-state index in [1.165, 1.54) is 6.54 Å². The second kappa shape index (κ2) is 1.58. The highest BCUT2D eigenvalue weighted by Gasteiger charge is 2.64. The van der Waals surface area contributed by atoms with Gasteiger partial charge in [0.05, 0.1) is 0 Å². The van der Waals surface area contributed by atoms with Gasteiger partial charge in [-0.05, 0) is 31.2 Å². The van der Waals surface area contributed by atoms with Gasteiger partial charge >= 0.3 is 0 Å². The topological polar surface area (TPSA) is 3.24 Å². The first-order chi connectivity index (χ1) is 4.55. The molecule has 2 rings (SSSR count). The molecule has 0 bridgehead atoms. The zero-order valence-electron chi connectivity index (χ0n) is 7.39. The van der Waals surface area contributed by atoms with E-state index in [0.717, 1.165) is 17.9 Å². The van der Waals surface area contributed by atoms with Crippen molar-refractivity contribution < 1.29 is 0 Å². The van der Waals surface area contributed by atoms with Gasteiger partial charge in [0.25, 0.3) is 0 Å². The van der Waals surface area contributed by atoms with E-state index in [-0.39, 0.29) is 0 Å². The van der Waals surface area contributed by atoms with Crippen molar-refractivity contribution in [1.29, 1.82) is 0 Å². The highest BCUT2D eigenvalue weighted by Crippen LogP contribution is 2.64. The molecule has 1 saturated heterocycles. The summed E-state index contributed by atoms with van der Waals surface area (Å²) in [6, 6.07) is 0.833. The van der Waals surface area contributed by atoms with Crippen LogP contribution in [0, 0.1) is 17.3 Å². The maximum Gasteiger partial charge on any atom is 0.0101 e. The number of rotatable bonds is 0. The van der Waals surface area contributed by atoms with Gasteiger partial charge in [0, 0.05) is 12.6 Å². The molecule has 1 aliphatic carbocycles. The number of fused-ring (bicyclic) bond motifs is 1. The summed E-state index contributed by atoms with van der Waals surface area (Å²) in [6.07, 6.45) is 0. The molecule has 1 nitrogen and oxygen atoms in total. The standard InChI is InChI=1S/C9H17N/c1-6-8-7(5-10(6)4)9(8,2)3/h6-8H,5H2,1-4H3/t6-,7+,8-/m0/s1. The summed E-state index contributed by atoms with van der Waals surface area (Å²) >= 11 is 0. The Bertz CT molecular complexity index is 160. The molecule has 0 unspecified atom stereocenters. The van der Waals surface area contributed by atoms with Crippen LogP contribution in [0.5, 0.6) is 0 Å². The zero-order valence-corrected chi connectivity index (χ0v) is 7.39. The normalized spacial score (nSPS) is 51.0. The first kappa shape index (κ1) is 6.66. The molecule has 3 atom stereocenters. The summed E-state index contributed by atoms with van der Waals surface area (Å²) in [4.78, 5) is 2.49. The Kier molecular flexibility index (Phi) is 1.05. The second-order valence-corrected chi connectivity index (χ2v) is 4.63. The fraction of sp³-hybridized carbons (Fsp3) is 1.00. The monoisotopic (exact) mass is 139 g/mol. The van der Waals surface area contributed by atoms with Gasteiger partial charge in [-0.25, -0.2) is 0 Å². The predicted octanol–water partition coefficient (Wildman–Crippen LogP) is 1.59. The van der Waals surface area contributed by atoms with E-state index >= 15 is 0 Å². The highest BCUT2D eigenvalue weighted by atomic mass is 15.2. The summed E-state index contributed by atoms with van der Waals surface area (Å²) in [5.41, 5.74) is 0.673. The smallest absolute Gasteiger partial charge is 0.0101 e. The number of nitrogens with zero attached hydrogens (tertiary/aromatic N) is 1. The van der Waals surface area contributed by atoms with Crippen LogP contribution in [-0.4, -0.2) is 24.5 Å². The Morgan fingerprint density at radius 3 is 2.30 bits per heavy atom. The molecule has 0 aromatic carbocycles. The first-order valence-electron chi connectivity index (χ1n) is 4.25. The summed E-state index contributed by atoms with van der Waals surface area (Å²) < 4.78 is 0. The van der Waals surface area contributed by atoms with Crippen LogP contribution in [0.1, 0.15) is 20.8 Å². The lowest BCUT2D eigenvalue weighted by molar-refractivity contribution is 0.235. The van der Waals surface area contributed by atoms with E-state index in [0.29, 0.717) is 5.41 Å². The van der Waals surface area contributed by atoms with Crippen molar-refractivity contribution in [2.75, 3.05) is 13.6 Å². The van der Waals surface area contributed by atoms with Crippen LogP contribution in [0.3, 0.4) is 0 Å². The number of hydrogen-bond donors (Lipinski definition) is 0. The minimum absolute atomic E-state index is 0.673. The quantitative estimate of drug-likeness (QED) is 0.492. The summed E-state index contributed by atoms with van der Waals surface area (Å²) in [5, 5.41) is 0. The molecule has 2 aliphatic rings. The fourth-order valence-electron chi connectivity index (χ4n) is 2.84. The van der Waals surface area contributed by atoms with Crippen LogP contribution < -0.4 is 0 Å². The molecule has 0 amide bonds. The van der Waals surface area contributed by atoms with Gasteiger partial charge < -0.3 is 4.90 Å². The average Bonchev–Trinajstić information content (AvgIpc) is 2.12. The van der Waals surface area contributed by atoms with Gasteiger partial charge in [0.15, 0.2) is 0 Å². The van der Waals surface area contributed by atoms with Gasteiger partial charge in [0.2, 0.25) is 0 Å². The molecule has 0 radical (unpaired) electrons. The molecule has 0 N–H and O–H groups in total. The van der Waals surface area contributed by atoms with Crippen molar-refractivity contribution in [2.24, 2.45) is 17.3 Å². The SMILES string of the molecule is C[C@H]1[C@H]2[C@@H](CN1C)C2(C)C. The Balaban J connectivity index is 2.13. The lowest BCUT2D eigenvalue weighted by atomic mass is 10.0. The van der Waals surface area contributed by atoms with Gasteiger partial charge in [-0.1, -0.05) is 13.8 Å². The molecule has 1 aliphatic heterocycles. The lowest BCUT2D eigenvalue weighted by Crippen LogP contribution is -2.29. The molecule has 2 fully saturated rings. The van der Waals surface area contributed by atoms with Crippen LogP contribution in [-0.2, 0) is 0 Å². The second-order valence-electron chi connectivity index (χ2n) is 4.63. The molecule has 0 aromatic heterocycles. The molecule has 1 heterocycles. The van der Waals surface area contributed by atoms with E-state index < -0.39 is 0 Å². The van der Waals surface area contributed by atoms with Crippen LogP contribution in [0.15, 0.2) is 0 Å². The van der Waals surface area contributed by atoms with Crippen LogP contribution >= 0.6 is 0 Å². The van der Waals surface area contributed by atoms with E-state index in [2.05, 4.69) is 32.7 Å². The maximum atomic E-state index is 2.49. The van der Waals surface area contributed by atoms with Crippen molar-refractivity contribution in [3.05, 3.63) is 0 Å². The van der Waals surface area contributed by atoms with Crippen LogP contribution in [0.4, 0.5) is 0 Å². The largest absolute Gasteiger partial charge is 0.303 e. The van der Waals surface area contributed by atoms with Gasteiger partial charge in [-0.2, -0.15) is 0 Å². The fourth-order valence-corrected chi connectivity index (χ4v) is 2.84. The van der Waals surface area contributed by atoms with E-state index in [1.54, 1.807) is 0 Å². The van der Waals surface area contributed by atoms with Crippen molar-refractivity contribution in [2.45, 2.75) is 26.8 Å². The van der Waals surface area contributed by atoms with Crippen molar-refractivity contribution in [3.63, 3.8) is 0 Å². The molecule has 0 aromatic rings. The Morgan fingerprint density at radius 2 is 2.00 bits per heavy atom. The Hall–Kier alpha value is -0.0400. The number of likely N-dealkylation sites (tertiary alicyclic amines) is 1. The molecular weight excluding hydrogens is 122 g/mol. The first-order valence-corrected chi connectivity index (χ1v) is 4.25. The third-order valence-corrected chi connectivity index (χ3v) is 3.84. The Labute approximate surface area is 63.4 Å². The van der Waals surface area contributed by atoms with Crippen LogP contribution in [0.2, 0.25) is 0 Å². The average molecular weight is 139 g/mol.